The number of hydrogen-bond acceptors (Lipinski definition) is 3. The fourth-order valence-corrected chi connectivity index (χ4v) is 10.7. The third kappa shape index (κ3) is 5.43. The summed E-state index contributed by atoms with van der Waals surface area (Å²) in [5.74, 6) is 0. The van der Waals surface area contributed by atoms with Crippen molar-refractivity contribution in [3.63, 3.8) is 0 Å². The van der Waals surface area contributed by atoms with Gasteiger partial charge in [0.1, 0.15) is 0 Å². The molecule has 1 nitrogen and oxygen atoms in total. The number of fused-ring (bicyclic) bond motifs is 7. The summed E-state index contributed by atoms with van der Waals surface area (Å²) in [5, 5.41) is 7.77. The van der Waals surface area contributed by atoms with Gasteiger partial charge in [0.2, 0.25) is 0 Å². The van der Waals surface area contributed by atoms with E-state index in [1.165, 1.54) is 84.5 Å². The minimum absolute atomic E-state index is 1.11. The number of nitrogens with zero attached hydrogens (tertiary/aromatic N) is 1. The van der Waals surface area contributed by atoms with Crippen molar-refractivity contribution in [3.05, 3.63) is 200 Å². The molecule has 3 heteroatoms. The van der Waals surface area contributed by atoms with E-state index in [4.69, 9.17) is 0 Å². The summed E-state index contributed by atoms with van der Waals surface area (Å²) in [4.78, 5) is 2.44. The Morgan fingerprint density at radius 1 is 0.309 bits per heavy atom. The van der Waals surface area contributed by atoms with Crippen molar-refractivity contribution in [2.75, 3.05) is 4.90 Å². The van der Waals surface area contributed by atoms with E-state index >= 15 is 0 Å². The molecule has 0 saturated carbocycles. The molecule has 11 aromatic rings. The number of rotatable bonds is 6. The molecule has 0 unspecified atom stereocenters. The summed E-state index contributed by atoms with van der Waals surface area (Å²) >= 11 is 3.75. The Balaban J connectivity index is 1.09. The van der Waals surface area contributed by atoms with Crippen LogP contribution in [0.3, 0.4) is 0 Å². The molecule has 11 rings (SSSR count). The maximum Gasteiger partial charge on any atom is 0.0540 e. The first-order chi connectivity index (χ1) is 27.3. The topological polar surface area (TPSA) is 3.24 Å². The first-order valence-corrected chi connectivity index (χ1v) is 20.3. The molecule has 2 heterocycles. The van der Waals surface area contributed by atoms with Crippen molar-refractivity contribution in [2.45, 2.75) is 0 Å². The number of benzene rings is 9. The zero-order valence-corrected chi connectivity index (χ0v) is 31.4. The van der Waals surface area contributed by atoms with E-state index in [0.717, 1.165) is 17.1 Å². The van der Waals surface area contributed by atoms with Crippen LogP contribution in [0.15, 0.2) is 200 Å². The van der Waals surface area contributed by atoms with Crippen LogP contribution in [0.1, 0.15) is 0 Å². The summed E-state index contributed by atoms with van der Waals surface area (Å²) in [6, 6.07) is 73.4. The highest BCUT2D eigenvalue weighted by Gasteiger charge is 2.20. The number of hydrogen-bond donors (Lipinski definition) is 0. The number of para-hydroxylation sites is 1. The predicted molar refractivity (Wildman–Crippen MR) is 241 cm³/mol. The van der Waals surface area contributed by atoms with Crippen molar-refractivity contribution >= 4 is 90.9 Å². The Hall–Kier alpha value is -6.52. The molecule has 0 amide bonds. The minimum Gasteiger partial charge on any atom is -0.310 e. The Labute approximate surface area is 327 Å². The van der Waals surface area contributed by atoms with Gasteiger partial charge in [0.25, 0.3) is 0 Å². The van der Waals surface area contributed by atoms with Crippen LogP contribution < -0.4 is 4.90 Å². The van der Waals surface area contributed by atoms with Gasteiger partial charge in [-0.2, -0.15) is 0 Å². The molecular formula is C52H33NS2. The molecule has 0 bridgehead atoms. The largest absolute Gasteiger partial charge is 0.310 e. The van der Waals surface area contributed by atoms with Crippen molar-refractivity contribution in [1.82, 2.24) is 0 Å². The van der Waals surface area contributed by atoms with Crippen LogP contribution in [0.2, 0.25) is 0 Å². The van der Waals surface area contributed by atoms with Gasteiger partial charge >= 0.3 is 0 Å². The number of anilines is 3. The quantitative estimate of drug-likeness (QED) is 0.164. The van der Waals surface area contributed by atoms with Crippen molar-refractivity contribution in [3.8, 4) is 33.4 Å². The SMILES string of the molecule is c1cc(-c2cccc3c2sc2ccccc23)cc(N(c2ccc(-c3cccc4ccccc34)cc2)c2ccccc2-c2ccc3c(c2)sc2ccccc23)c1. The van der Waals surface area contributed by atoms with E-state index in [9.17, 15) is 0 Å². The molecule has 0 aliphatic carbocycles. The summed E-state index contributed by atoms with van der Waals surface area (Å²) in [6.07, 6.45) is 0. The average molecular weight is 736 g/mol. The van der Waals surface area contributed by atoms with E-state index in [2.05, 4.69) is 205 Å². The van der Waals surface area contributed by atoms with Crippen molar-refractivity contribution in [1.29, 1.82) is 0 Å². The van der Waals surface area contributed by atoms with Crippen LogP contribution in [0.25, 0.3) is 84.5 Å². The summed E-state index contributed by atoms with van der Waals surface area (Å²) < 4.78 is 5.27. The summed E-state index contributed by atoms with van der Waals surface area (Å²) in [7, 11) is 0. The Bertz CT molecular complexity index is 3220. The van der Waals surface area contributed by atoms with Gasteiger partial charge in [0.05, 0.1) is 5.69 Å². The lowest BCUT2D eigenvalue weighted by atomic mass is 9.97. The van der Waals surface area contributed by atoms with E-state index in [1.807, 2.05) is 22.7 Å². The Morgan fingerprint density at radius 3 is 1.76 bits per heavy atom. The van der Waals surface area contributed by atoms with E-state index in [0.29, 0.717) is 0 Å². The first kappa shape index (κ1) is 32.0. The van der Waals surface area contributed by atoms with Crippen LogP contribution in [-0.4, -0.2) is 0 Å². The smallest absolute Gasteiger partial charge is 0.0540 e. The van der Waals surface area contributed by atoms with Crippen LogP contribution in [-0.2, 0) is 0 Å². The summed E-state index contributed by atoms with van der Waals surface area (Å²) in [5.41, 5.74) is 10.7. The van der Waals surface area contributed by atoms with Gasteiger partial charge in [0, 0.05) is 57.3 Å². The Morgan fingerprint density at radius 2 is 0.891 bits per heavy atom. The second-order valence-electron chi connectivity index (χ2n) is 14.1. The standard InChI is InChI=1S/C52H33NS2/c1-2-16-40-34(12-1)13-10-20-41(40)35-26-29-38(30-27-35)53(39-15-9-14-36(32-39)43-21-11-22-47-45-19-5-8-25-50(45)55-52(43)47)48-23-6-3-17-42(48)37-28-31-46-44-18-4-7-24-49(44)54-51(46)33-37/h1-33H. The second kappa shape index (κ2) is 13.1. The molecule has 0 aliphatic heterocycles. The van der Waals surface area contributed by atoms with Crippen molar-refractivity contribution in [2.24, 2.45) is 0 Å². The molecule has 0 atom stereocenters. The molecule has 2 aromatic heterocycles. The Kier molecular flexibility index (Phi) is 7.61. The van der Waals surface area contributed by atoms with E-state index in [1.54, 1.807) is 0 Å². The van der Waals surface area contributed by atoms with Gasteiger partial charge in [-0.15, -0.1) is 22.7 Å². The minimum atomic E-state index is 1.11. The molecule has 0 aliphatic rings. The molecule has 55 heavy (non-hydrogen) atoms. The highest BCUT2D eigenvalue weighted by Crippen LogP contribution is 2.46. The lowest BCUT2D eigenvalue weighted by Gasteiger charge is -2.28. The lowest BCUT2D eigenvalue weighted by Crippen LogP contribution is -2.11. The average Bonchev–Trinajstić information content (AvgIpc) is 3.82. The third-order valence-electron chi connectivity index (χ3n) is 10.9. The van der Waals surface area contributed by atoms with Gasteiger partial charge in [-0.05, 0) is 87.1 Å². The first-order valence-electron chi connectivity index (χ1n) is 18.7. The maximum absolute atomic E-state index is 2.44. The normalized spacial score (nSPS) is 11.6. The maximum atomic E-state index is 2.44. The molecular weight excluding hydrogens is 703 g/mol. The molecule has 0 fully saturated rings. The fourth-order valence-electron chi connectivity index (χ4n) is 8.29. The predicted octanol–water partition coefficient (Wildman–Crippen LogP) is 16.0. The third-order valence-corrected chi connectivity index (χ3v) is 13.2. The van der Waals surface area contributed by atoms with Crippen LogP contribution >= 0.6 is 22.7 Å². The fraction of sp³-hybridized carbons (Fsp3) is 0. The van der Waals surface area contributed by atoms with Gasteiger partial charge in [0.15, 0.2) is 0 Å². The molecule has 258 valence electrons. The molecule has 0 saturated heterocycles. The molecule has 9 aromatic carbocycles. The van der Waals surface area contributed by atoms with Crippen LogP contribution in [0.5, 0.6) is 0 Å². The van der Waals surface area contributed by atoms with Crippen LogP contribution in [0, 0.1) is 0 Å². The van der Waals surface area contributed by atoms with Gasteiger partial charge in [-0.3, -0.25) is 0 Å². The van der Waals surface area contributed by atoms with Crippen LogP contribution in [0.4, 0.5) is 17.1 Å². The second-order valence-corrected chi connectivity index (χ2v) is 16.2. The monoisotopic (exact) mass is 735 g/mol. The van der Waals surface area contributed by atoms with Gasteiger partial charge in [-0.1, -0.05) is 152 Å². The van der Waals surface area contributed by atoms with E-state index < -0.39 is 0 Å². The van der Waals surface area contributed by atoms with Crippen molar-refractivity contribution < 1.29 is 0 Å². The molecule has 0 spiro atoms. The zero-order valence-electron chi connectivity index (χ0n) is 29.8. The zero-order chi connectivity index (χ0) is 36.3. The summed E-state index contributed by atoms with van der Waals surface area (Å²) in [6.45, 7) is 0. The van der Waals surface area contributed by atoms with Gasteiger partial charge in [-0.25, -0.2) is 0 Å². The van der Waals surface area contributed by atoms with E-state index in [-0.39, 0.29) is 0 Å². The lowest BCUT2D eigenvalue weighted by molar-refractivity contribution is 1.28. The highest BCUT2D eigenvalue weighted by molar-refractivity contribution is 7.26. The number of thiophene rings is 2. The highest BCUT2D eigenvalue weighted by atomic mass is 32.1. The molecule has 0 radical (unpaired) electrons. The van der Waals surface area contributed by atoms with Gasteiger partial charge < -0.3 is 4.90 Å². The molecule has 0 N–H and O–H groups in total.